The van der Waals surface area contributed by atoms with E-state index in [0.717, 1.165) is 6.07 Å². The highest BCUT2D eigenvalue weighted by Crippen LogP contribution is 2.52. The topological polar surface area (TPSA) is 26.0 Å². The molecule has 1 heterocycles. The van der Waals surface area contributed by atoms with Crippen molar-refractivity contribution >= 4 is 11.3 Å². The Hall–Kier alpha value is -0.690. The van der Waals surface area contributed by atoms with Crippen molar-refractivity contribution in [2.24, 2.45) is 5.73 Å². The fraction of sp³-hybridized carbons (Fsp3) is 0.556. The van der Waals surface area contributed by atoms with Gasteiger partial charge in [0.25, 0.3) is 5.92 Å². The number of thiophene rings is 1. The summed E-state index contributed by atoms with van der Waals surface area (Å²) in [6.07, 6.45) is -5.61. The van der Waals surface area contributed by atoms with Gasteiger partial charge in [0.15, 0.2) is 0 Å². The smallest absolute Gasteiger partial charge is 0.320 e. The van der Waals surface area contributed by atoms with Crippen molar-refractivity contribution in [1.29, 1.82) is 0 Å². The highest BCUT2D eigenvalue weighted by molar-refractivity contribution is 7.12. The van der Waals surface area contributed by atoms with Crippen molar-refractivity contribution in [1.82, 2.24) is 0 Å². The van der Waals surface area contributed by atoms with Crippen LogP contribution < -0.4 is 5.73 Å². The minimum Gasteiger partial charge on any atom is -0.320 e. The van der Waals surface area contributed by atoms with Crippen LogP contribution in [0.3, 0.4) is 0 Å². The van der Waals surface area contributed by atoms with Crippen LogP contribution >= 0.6 is 11.3 Å². The SMILES string of the molecule is NC1(c2ccc(C(F)(F)F)s2)CC(F)(F)C1. The maximum atomic E-state index is 12.7. The fourth-order valence-electron chi connectivity index (χ4n) is 1.80. The molecule has 1 aliphatic carbocycles. The molecule has 1 aromatic heterocycles. The van der Waals surface area contributed by atoms with Crippen LogP contribution in [0, 0.1) is 0 Å². The Bertz CT molecular complexity index is 400. The highest BCUT2D eigenvalue weighted by Gasteiger charge is 2.56. The monoisotopic (exact) mass is 257 g/mol. The van der Waals surface area contributed by atoms with Gasteiger partial charge in [0.05, 0.1) is 5.54 Å². The standard InChI is InChI=1S/C9H8F5NS/c10-8(11)3-7(15,4-8)5-1-2-6(16-5)9(12,13)14/h1-2H,3-4,15H2. The third-order valence-electron chi connectivity index (χ3n) is 2.52. The zero-order chi connectivity index (χ0) is 12.2. The normalized spacial score (nSPS) is 22.9. The van der Waals surface area contributed by atoms with Gasteiger partial charge in [-0.1, -0.05) is 0 Å². The molecule has 1 aromatic rings. The van der Waals surface area contributed by atoms with Crippen LogP contribution in [0.15, 0.2) is 12.1 Å². The summed E-state index contributed by atoms with van der Waals surface area (Å²) in [5.74, 6) is -2.85. The van der Waals surface area contributed by atoms with Gasteiger partial charge in [-0.3, -0.25) is 0 Å². The predicted octanol–water partition coefficient (Wildman–Crippen LogP) is 3.35. The molecule has 16 heavy (non-hydrogen) atoms. The van der Waals surface area contributed by atoms with E-state index in [0.29, 0.717) is 11.3 Å². The maximum Gasteiger partial charge on any atom is 0.425 e. The largest absolute Gasteiger partial charge is 0.425 e. The van der Waals surface area contributed by atoms with Gasteiger partial charge in [-0.25, -0.2) is 8.78 Å². The number of alkyl halides is 5. The first-order chi connectivity index (χ1) is 7.12. The zero-order valence-electron chi connectivity index (χ0n) is 7.94. The number of hydrogen-bond acceptors (Lipinski definition) is 2. The molecule has 0 spiro atoms. The molecule has 7 heteroatoms. The van der Waals surface area contributed by atoms with Gasteiger partial charge in [0, 0.05) is 17.7 Å². The van der Waals surface area contributed by atoms with Gasteiger partial charge < -0.3 is 5.73 Å². The van der Waals surface area contributed by atoms with Gasteiger partial charge >= 0.3 is 6.18 Å². The summed E-state index contributed by atoms with van der Waals surface area (Å²) < 4.78 is 62.2. The van der Waals surface area contributed by atoms with Crippen LogP contribution in [-0.4, -0.2) is 5.92 Å². The summed E-state index contributed by atoms with van der Waals surface area (Å²) in [7, 11) is 0. The summed E-state index contributed by atoms with van der Waals surface area (Å²) in [4.78, 5) is -0.631. The van der Waals surface area contributed by atoms with E-state index in [1.54, 1.807) is 0 Å². The second kappa shape index (κ2) is 3.16. The van der Waals surface area contributed by atoms with Gasteiger partial charge in [-0.2, -0.15) is 13.2 Å². The Morgan fingerprint density at radius 3 is 2.12 bits per heavy atom. The van der Waals surface area contributed by atoms with Crippen molar-refractivity contribution in [3.05, 3.63) is 21.9 Å². The molecular weight excluding hydrogens is 249 g/mol. The Kier molecular flexibility index (Phi) is 2.33. The van der Waals surface area contributed by atoms with Crippen LogP contribution in [0.5, 0.6) is 0 Å². The molecule has 1 aliphatic rings. The van der Waals surface area contributed by atoms with E-state index in [-0.39, 0.29) is 4.88 Å². The van der Waals surface area contributed by atoms with Crippen molar-refractivity contribution in [2.75, 3.05) is 0 Å². The Morgan fingerprint density at radius 2 is 1.75 bits per heavy atom. The molecule has 0 atom stereocenters. The minimum absolute atomic E-state index is 0.172. The van der Waals surface area contributed by atoms with E-state index in [4.69, 9.17) is 5.73 Å². The van der Waals surface area contributed by atoms with Crippen LogP contribution in [0.1, 0.15) is 22.6 Å². The first kappa shape index (κ1) is 11.8. The second-order valence-corrected chi connectivity index (χ2v) is 5.11. The van der Waals surface area contributed by atoms with Crippen molar-refractivity contribution in [3.63, 3.8) is 0 Å². The van der Waals surface area contributed by atoms with Crippen LogP contribution in [-0.2, 0) is 11.7 Å². The van der Waals surface area contributed by atoms with Gasteiger partial charge in [-0.05, 0) is 12.1 Å². The third kappa shape index (κ3) is 1.93. The first-order valence-electron chi connectivity index (χ1n) is 4.47. The lowest BCUT2D eigenvalue weighted by molar-refractivity contribution is -0.134. The molecule has 0 amide bonds. The number of hydrogen-bond donors (Lipinski definition) is 1. The van der Waals surface area contributed by atoms with E-state index >= 15 is 0 Å². The van der Waals surface area contributed by atoms with E-state index in [9.17, 15) is 22.0 Å². The molecule has 0 aliphatic heterocycles. The van der Waals surface area contributed by atoms with Crippen LogP contribution in [0.2, 0.25) is 0 Å². The van der Waals surface area contributed by atoms with Crippen LogP contribution in [0.25, 0.3) is 0 Å². The minimum atomic E-state index is -4.44. The Labute approximate surface area is 92.1 Å². The predicted molar refractivity (Wildman–Crippen MR) is 49.4 cm³/mol. The van der Waals surface area contributed by atoms with Crippen molar-refractivity contribution in [3.8, 4) is 0 Å². The summed E-state index contributed by atoms with van der Waals surface area (Å²) in [6, 6.07) is 2.06. The lowest BCUT2D eigenvalue weighted by Crippen LogP contribution is -2.55. The quantitative estimate of drug-likeness (QED) is 0.767. The molecular formula is C9H8F5NS. The Morgan fingerprint density at radius 1 is 1.19 bits per heavy atom. The van der Waals surface area contributed by atoms with E-state index in [1.165, 1.54) is 6.07 Å². The zero-order valence-corrected chi connectivity index (χ0v) is 8.76. The van der Waals surface area contributed by atoms with Crippen LogP contribution in [0.4, 0.5) is 22.0 Å². The third-order valence-corrected chi connectivity index (χ3v) is 3.87. The maximum absolute atomic E-state index is 12.7. The van der Waals surface area contributed by atoms with Crippen molar-refractivity contribution < 1.29 is 22.0 Å². The summed E-state index contributed by atoms with van der Waals surface area (Å²) in [5.41, 5.74) is 4.33. The van der Waals surface area contributed by atoms with E-state index < -0.39 is 35.4 Å². The fourth-order valence-corrected chi connectivity index (χ4v) is 2.78. The summed E-state index contributed by atoms with van der Waals surface area (Å²) in [6.45, 7) is 0. The molecule has 0 unspecified atom stereocenters. The van der Waals surface area contributed by atoms with Gasteiger partial charge in [0.1, 0.15) is 4.88 Å². The molecule has 1 nitrogen and oxygen atoms in total. The van der Waals surface area contributed by atoms with E-state index in [2.05, 4.69) is 0 Å². The van der Waals surface area contributed by atoms with Gasteiger partial charge in [0.2, 0.25) is 0 Å². The first-order valence-corrected chi connectivity index (χ1v) is 5.28. The number of nitrogens with two attached hydrogens (primary N) is 1. The summed E-state index contributed by atoms with van der Waals surface area (Å²) >= 11 is 0.440. The summed E-state index contributed by atoms with van der Waals surface area (Å²) in [5, 5.41) is 0. The molecule has 90 valence electrons. The average molecular weight is 257 g/mol. The molecule has 0 bridgehead atoms. The molecule has 2 N–H and O–H groups in total. The highest BCUT2D eigenvalue weighted by atomic mass is 32.1. The average Bonchev–Trinajstić information content (AvgIpc) is 2.45. The Balaban J connectivity index is 2.21. The van der Waals surface area contributed by atoms with Crippen molar-refractivity contribution in [2.45, 2.75) is 30.5 Å². The number of halogens is 5. The number of rotatable bonds is 1. The second-order valence-electron chi connectivity index (χ2n) is 4.03. The molecule has 1 fully saturated rings. The molecule has 0 saturated heterocycles. The molecule has 2 rings (SSSR count). The molecule has 0 aromatic carbocycles. The van der Waals surface area contributed by atoms with E-state index in [1.807, 2.05) is 0 Å². The lowest BCUT2D eigenvalue weighted by Gasteiger charge is -2.43. The molecule has 0 radical (unpaired) electrons. The lowest BCUT2D eigenvalue weighted by atomic mass is 9.73. The molecule has 1 saturated carbocycles. The van der Waals surface area contributed by atoms with Gasteiger partial charge in [-0.15, -0.1) is 11.3 Å².